The van der Waals surface area contributed by atoms with E-state index in [-0.39, 0.29) is 5.82 Å². The van der Waals surface area contributed by atoms with Crippen LogP contribution in [0.2, 0.25) is 0 Å². The summed E-state index contributed by atoms with van der Waals surface area (Å²) in [5.74, 6) is -0.850. The first kappa shape index (κ1) is 12.4. The van der Waals surface area contributed by atoms with Gasteiger partial charge in [-0.15, -0.1) is 0 Å². The molecule has 1 aliphatic rings. The molecule has 0 fully saturated rings. The second-order valence-corrected chi connectivity index (χ2v) is 5.34. The van der Waals surface area contributed by atoms with Crippen LogP contribution >= 0.6 is 15.9 Å². The molecule has 19 heavy (non-hydrogen) atoms. The molecule has 0 radical (unpaired) electrons. The summed E-state index contributed by atoms with van der Waals surface area (Å²) in [6.45, 7) is 0. The van der Waals surface area contributed by atoms with Gasteiger partial charge in [0.05, 0.1) is 5.56 Å². The minimum Gasteiger partial charge on any atom is -0.454 e. The summed E-state index contributed by atoms with van der Waals surface area (Å²) in [6, 6.07) is 12.4. The molecule has 1 heterocycles. The molecule has 2 aromatic rings. The van der Waals surface area contributed by atoms with Crippen molar-refractivity contribution < 1.29 is 13.9 Å². The van der Waals surface area contributed by atoms with Crippen molar-refractivity contribution in [3.63, 3.8) is 0 Å². The van der Waals surface area contributed by atoms with Crippen LogP contribution in [0, 0.1) is 5.82 Å². The first-order chi connectivity index (χ1) is 9.15. The molecule has 0 spiro atoms. The average Bonchev–Trinajstić information content (AvgIpc) is 2.41. The Kier molecular flexibility index (Phi) is 3.11. The largest absolute Gasteiger partial charge is 0.454 e. The fourth-order valence-corrected chi connectivity index (χ4v) is 2.70. The zero-order chi connectivity index (χ0) is 13.4. The van der Waals surface area contributed by atoms with Gasteiger partial charge in [0.15, 0.2) is 0 Å². The van der Waals surface area contributed by atoms with E-state index >= 15 is 0 Å². The van der Waals surface area contributed by atoms with E-state index in [1.807, 2.05) is 30.3 Å². The van der Waals surface area contributed by atoms with Crippen LogP contribution in [0.5, 0.6) is 0 Å². The van der Waals surface area contributed by atoms with E-state index in [1.165, 1.54) is 6.07 Å². The molecule has 1 atom stereocenters. The van der Waals surface area contributed by atoms with E-state index in [4.69, 9.17) is 4.74 Å². The minimum absolute atomic E-state index is 0.305. The third-order valence-electron chi connectivity index (χ3n) is 3.19. The SMILES string of the molecule is O=C1OC(c2ccccc2)Cc2c(F)cc(Br)cc21. The summed E-state index contributed by atoms with van der Waals surface area (Å²) in [6.07, 6.45) is -0.0543. The first-order valence-electron chi connectivity index (χ1n) is 5.89. The van der Waals surface area contributed by atoms with Crippen LogP contribution < -0.4 is 0 Å². The summed E-state index contributed by atoms with van der Waals surface area (Å²) in [4.78, 5) is 12.0. The maximum atomic E-state index is 14.0. The Balaban J connectivity index is 2.03. The van der Waals surface area contributed by atoms with Crippen LogP contribution in [-0.4, -0.2) is 5.97 Å². The molecule has 0 N–H and O–H groups in total. The van der Waals surface area contributed by atoms with Gasteiger partial charge in [-0.3, -0.25) is 0 Å². The molecule has 2 nitrogen and oxygen atoms in total. The standard InChI is InChI=1S/C15H10BrFO2/c16-10-6-12-11(13(17)7-10)8-14(19-15(12)18)9-4-2-1-3-5-9/h1-7,14H,8H2. The van der Waals surface area contributed by atoms with Gasteiger partial charge in [-0.1, -0.05) is 46.3 Å². The molecular formula is C15H10BrFO2. The lowest BCUT2D eigenvalue weighted by Crippen LogP contribution is -2.23. The Hall–Kier alpha value is -1.68. The molecule has 0 saturated carbocycles. The van der Waals surface area contributed by atoms with E-state index in [9.17, 15) is 9.18 Å². The Morgan fingerprint density at radius 2 is 1.95 bits per heavy atom. The van der Waals surface area contributed by atoms with Crippen molar-refractivity contribution in [2.24, 2.45) is 0 Å². The van der Waals surface area contributed by atoms with Crippen LogP contribution in [0.15, 0.2) is 46.9 Å². The number of esters is 1. The van der Waals surface area contributed by atoms with E-state index < -0.39 is 12.1 Å². The molecule has 2 aromatic carbocycles. The summed E-state index contributed by atoms with van der Waals surface area (Å²) in [7, 11) is 0. The molecule has 1 aliphatic heterocycles. The van der Waals surface area contributed by atoms with Crippen molar-refractivity contribution in [2.45, 2.75) is 12.5 Å². The topological polar surface area (TPSA) is 26.3 Å². The maximum Gasteiger partial charge on any atom is 0.339 e. The molecule has 0 saturated heterocycles. The number of fused-ring (bicyclic) bond motifs is 1. The monoisotopic (exact) mass is 320 g/mol. The number of ether oxygens (including phenoxy) is 1. The normalized spacial score (nSPS) is 17.8. The highest BCUT2D eigenvalue weighted by molar-refractivity contribution is 9.10. The molecule has 96 valence electrons. The van der Waals surface area contributed by atoms with Crippen molar-refractivity contribution in [2.75, 3.05) is 0 Å². The van der Waals surface area contributed by atoms with Crippen molar-refractivity contribution >= 4 is 21.9 Å². The molecule has 0 amide bonds. The van der Waals surface area contributed by atoms with Crippen LogP contribution in [0.3, 0.4) is 0 Å². The van der Waals surface area contributed by atoms with E-state index in [0.29, 0.717) is 22.0 Å². The van der Waals surface area contributed by atoms with Gasteiger partial charge in [-0.05, 0) is 17.7 Å². The predicted octanol–water partition coefficient (Wildman–Crippen LogP) is 4.04. The minimum atomic E-state index is -0.477. The molecule has 1 unspecified atom stereocenters. The smallest absolute Gasteiger partial charge is 0.339 e. The van der Waals surface area contributed by atoms with Crippen molar-refractivity contribution in [1.29, 1.82) is 0 Å². The van der Waals surface area contributed by atoms with Crippen LogP contribution in [-0.2, 0) is 11.2 Å². The molecule has 0 aromatic heterocycles. The number of hydrogen-bond acceptors (Lipinski definition) is 2. The lowest BCUT2D eigenvalue weighted by atomic mass is 9.94. The van der Waals surface area contributed by atoms with E-state index in [2.05, 4.69) is 15.9 Å². The van der Waals surface area contributed by atoms with Gasteiger partial charge < -0.3 is 4.74 Å². The second-order valence-electron chi connectivity index (χ2n) is 4.42. The molecule has 3 rings (SSSR count). The third kappa shape index (κ3) is 2.28. The highest BCUT2D eigenvalue weighted by atomic mass is 79.9. The van der Waals surface area contributed by atoms with Gasteiger partial charge in [0, 0.05) is 16.5 Å². The number of rotatable bonds is 1. The lowest BCUT2D eigenvalue weighted by Gasteiger charge is -2.25. The average molecular weight is 321 g/mol. The summed E-state index contributed by atoms with van der Waals surface area (Å²) in [5.41, 5.74) is 1.61. The van der Waals surface area contributed by atoms with Crippen molar-refractivity contribution in [3.8, 4) is 0 Å². The zero-order valence-corrected chi connectivity index (χ0v) is 11.5. The van der Waals surface area contributed by atoms with Gasteiger partial charge in [-0.2, -0.15) is 0 Å². The van der Waals surface area contributed by atoms with Gasteiger partial charge in [0.25, 0.3) is 0 Å². The molecule has 4 heteroatoms. The first-order valence-corrected chi connectivity index (χ1v) is 6.68. The molecule has 0 aliphatic carbocycles. The maximum absolute atomic E-state index is 14.0. The van der Waals surface area contributed by atoms with Crippen LogP contribution in [0.1, 0.15) is 27.6 Å². The summed E-state index contributed by atoms with van der Waals surface area (Å²) in [5, 5.41) is 0. The number of cyclic esters (lactones) is 1. The predicted molar refractivity (Wildman–Crippen MR) is 72.4 cm³/mol. The fraction of sp³-hybridized carbons (Fsp3) is 0.133. The van der Waals surface area contributed by atoms with Gasteiger partial charge >= 0.3 is 5.97 Å². The number of carbonyl (C=O) groups is 1. The number of hydrogen-bond donors (Lipinski definition) is 0. The Labute approximate surface area is 118 Å². The highest BCUT2D eigenvalue weighted by Gasteiger charge is 2.29. The lowest BCUT2D eigenvalue weighted by molar-refractivity contribution is 0.0248. The van der Waals surface area contributed by atoms with Crippen molar-refractivity contribution in [1.82, 2.24) is 0 Å². The Morgan fingerprint density at radius 1 is 1.21 bits per heavy atom. The highest BCUT2D eigenvalue weighted by Crippen LogP contribution is 2.33. The second kappa shape index (κ2) is 4.78. The number of benzene rings is 2. The Morgan fingerprint density at radius 3 is 2.68 bits per heavy atom. The third-order valence-corrected chi connectivity index (χ3v) is 3.65. The van der Waals surface area contributed by atoms with E-state index in [1.54, 1.807) is 6.07 Å². The van der Waals surface area contributed by atoms with Gasteiger partial charge in [0.2, 0.25) is 0 Å². The molecular weight excluding hydrogens is 311 g/mol. The fourth-order valence-electron chi connectivity index (χ4n) is 2.27. The number of carbonyl (C=O) groups excluding carboxylic acids is 1. The van der Waals surface area contributed by atoms with Crippen LogP contribution in [0.25, 0.3) is 0 Å². The van der Waals surface area contributed by atoms with E-state index in [0.717, 1.165) is 5.56 Å². The quantitative estimate of drug-likeness (QED) is 0.741. The van der Waals surface area contributed by atoms with Gasteiger partial charge in [0.1, 0.15) is 11.9 Å². The summed E-state index contributed by atoms with van der Waals surface area (Å²) < 4.78 is 19.9. The number of halogens is 2. The van der Waals surface area contributed by atoms with Gasteiger partial charge in [-0.25, -0.2) is 9.18 Å². The van der Waals surface area contributed by atoms with Crippen molar-refractivity contribution in [3.05, 3.63) is 69.4 Å². The summed E-state index contributed by atoms with van der Waals surface area (Å²) >= 11 is 3.18. The molecule has 0 bridgehead atoms. The zero-order valence-electron chi connectivity index (χ0n) is 9.90. The Bertz CT molecular complexity index is 640. The van der Waals surface area contributed by atoms with Crippen LogP contribution in [0.4, 0.5) is 4.39 Å².